The fourth-order valence-electron chi connectivity index (χ4n) is 4.71. The molecule has 0 aliphatic carbocycles. The van der Waals surface area contributed by atoms with Gasteiger partial charge in [-0.3, -0.25) is 9.59 Å². The Labute approximate surface area is 251 Å². The lowest BCUT2D eigenvalue weighted by atomic mass is 9.99. The maximum absolute atomic E-state index is 14.5. The van der Waals surface area contributed by atoms with Crippen molar-refractivity contribution in [2.24, 2.45) is 5.92 Å². The second-order valence-corrected chi connectivity index (χ2v) is 12.8. The molecule has 1 aliphatic rings. The van der Waals surface area contributed by atoms with E-state index in [1.54, 1.807) is 12.1 Å². The molecular weight excluding hydrogens is 631 g/mol. The molecule has 1 aromatic heterocycles. The molecule has 0 radical (unpaired) electrons. The van der Waals surface area contributed by atoms with Crippen molar-refractivity contribution in [3.05, 3.63) is 77.4 Å². The van der Waals surface area contributed by atoms with Gasteiger partial charge in [-0.2, -0.15) is 17.5 Å². The number of benzene rings is 3. The molecule has 4 aromatic rings. The number of anilines is 2. The lowest BCUT2D eigenvalue weighted by Gasteiger charge is -2.31. The highest BCUT2D eigenvalue weighted by molar-refractivity contribution is 7.89. The number of nitrogens with zero attached hydrogens (tertiary/aromatic N) is 2. The molecule has 0 spiro atoms. The predicted molar refractivity (Wildman–Crippen MR) is 152 cm³/mol. The molecule has 5 rings (SSSR count). The zero-order valence-corrected chi connectivity index (χ0v) is 24.4. The van der Waals surface area contributed by atoms with E-state index in [0.717, 1.165) is 53.1 Å². The van der Waals surface area contributed by atoms with Gasteiger partial charge in [0.1, 0.15) is 0 Å². The molecule has 2 amide bonds. The number of methoxy groups -OCH3 is 1. The Bertz CT molecular complexity index is 1860. The molecule has 9 nitrogen and oxygen atoms in total. The van der Waals surface area contributed by atoms with Crippen molar-refractivity contribution in [2.75, 3.05) is 30.8 Å². The number of ether oxygens (including phenoxy) is 1. The molecule has 1 unspecified atom stereocenters. The number of nitrogens with one attached hydrogen (secondary N) is 2. The summed E-state index contributed by atoms with van der Waals surface area (Å²) in [7, 11) is -3.22. The van der Waals surface area contributed by atoms with E-state index in [-0.39, 0.29) is 23.9 Å². The number of hydrogen-bond donors (Lipinski definition) is 2. The molecule has 2 heterocycles. The van der Waals surface area contributed by atoms with Crippen LogP contribution < -0.4 is 15.4 Å². The zero-order chi connectivity index (χ0) is 31.8. The predicted octanol–water partition coefficient (Wildman–Crippen LogP) is 5.89. The average molecular weight is 655 g/mol. The van der Waals surface area contributed by atoms with Crippen LogP contribution in [0.3, 0.4) is 0 Å². The van der Waals surface area contributed by atoms with Gasteiger partial charge in [0, 0.05) is 18.8 Å². The van der Waals surface area contributed by atoms with Gasteiger partial charge in [0.15, 0.2) is 22.5 Å². The summed E-state index contributed by atoms with van der Waals surface area (Å²) in [5, 5.41) is 5.38. The maximum Gasteiger partial charge on any atom is 0.416 e. The molecule has 1 atom stereocenters. The Balaban J connectivity index is 1.27. The molecule has 0 bridgehead atoms. The van der Waals surface area contributed by atoms with E-state index in [0.29, 0.717) is 29.1 Å². The van der Waals surface area contributed by atoms with Gasteiger partial charge in [-0.05, 0) is 61.4 Å². The smallest absolute Gasteiger partial charge is 0.416 e. The zero-order valence-electron chi connectivity index (χ0n) is 22.7. The molecule has 1 aliphatic heterocycles. The summed E-state index contributed by atoms with van der Waals surface area (Å²) in [5.74, 6) is -4.94. The van der Waals surface area contributed by atoms with Crippen LogP contribution in [-0.2, 0) is 21.0 Å². The minimum Gasteiger partial charge on any atom is -0.491 e. The van der Waals surface area contributed by atoms with Gasteiger partial charge in [0.05, 0.1) is 39.3 Å². The Morgan fingerprint density at radius 3 is 2.57 bits per heavy atom. The van der Waals surface area contributed by atoms with Crippen LogP contribution in [0.15, 0.2) is 59.5 Å². The number of amides is 2. The summed E-state index contributed by atoms with van der Waals surface area (Å²) in [6.45, 7) is -0.178. The summed E-state index contributed by atoms with van der Waals surface area (Å²) in [6, 6.07) is 9.95. The lowest BCUT2D eigenvalue weighted by molar-refractivity contribution is -0.137. The highest BCUT2D eigenvalue weighted by atomic mass is 32.2. The van der Waals surface area contributed by atoms with Crippen molar-refractivity contribution < 1.29 is 44.7 Å². The number of halogens is 5. The molecule has 3 aromatic carbocycles. The number of sulfonamides is 1. The number of alkyl halides is 3. The molecule has 1 saturated heterocycles. The molecule has 44 heavy (non-hydrogen) atoms. The van der Waals surface area contributed by atoms with E-state index in [4.69, 9.17) is 0 Å². The minimum absolute atomic E-state index is 0.0482. The van der Waals surface area contributed by atoms with Crippen molar-refractivity contribution >= 4 is 54.2 Å². The highest BCUT2D eigenvalue weighted by Crippen LogP contribution is 2.33. The molecule has 0 saturated carbocycles. The third-order valence-electron chi connectivity index (χ3n) is 6.93. The molecule has 2 N–H and O–H groups in total. The topological polar surface area (TPSA) is 118 Å². The number of thiazole rings is 1. The first-order valence-corrected chi connectivity index (χ1v) is 15.3. The van der Waals surface area contributed by atoms with Gasteiger partial charge >= 0.3 is 6.18 Å². The third-order valence-corrected chi connectivity index (χ3v) is 9.72. The summed E-state index contributed by atoms with van der Waals surface area (Å²) in [4.78, 5) is 29.5. The second-order valence-electron chi connectivity index (χ2n) is 9.81. The van der Waals surface area contributed by atoms with Crippen molar-refractivity contribution in [2.45, 2.75) is 23.9 Å². The number of rotatable bonds is 7. The van der Waals surface area contributed by atoms with E-state index >= 15 is 0 Å². The van der Waals surface area contributed by atoms with Crippen molar-refractivity contribution in [1.82, 2.24) is 9.29 Å². The van der Waals surface area contributed by atoms with Crippen molar-refractivity contribution in [1.29, 1.82) is 0 Å². The van der Waals surface area contributed by atoms with Gasteiger partial charge in [-0.25, -0.2) is 22.2 Å². The van der Waals surface area contributed by atoms with Crippen molar-refractivity contribution in [3.63, 3.8) is 0 Å². The van der Waals surface area contributed by atoms with Crippen LogP contribution >= 0.6 is 11.3 Å². The number of fused-ring (bicyclic) bond motifs is 1. The molecule has 1 fully saturated rings. The standard InChI is InChI=1S/C28H23F5N4O5S2/c1-42-24-20(29)9-8-19(23(24)30)26(39)34-17-7-10-21-22(13-17)43-27(35-21)36-25(38)15-4-3-11-37(14-15)44(40,41)18-6-2-5-16(12-18)28(31,32)33/h2,5-10,12-13,15H,3-4,11,14H2,1H3,(H,34,39)(H,35,36,38). The van der Waals surface area contributed by atoms with Crippen LogP contribution in [0.4, 0.5) is 32.8 Å². The summed E-state index contributed by atoms with van der Waals surface area (Å²) in [6.07, 6.45) is -4.04. The third kappa shape index (κ3) is 6.37. The largest absolute Gasteiger partial charge is 0.491 e. The first kappa shape index (κ1) is 31.3. The summed E-state index contributed by atoms with van der Waals surface area (Å²) >= 11 is 1.07. The highest BCUT2D eigenvalue weighted by Gasteiger charge is 2.36. The van der Waals surface area contributed by atoms with E-state index in [9.17, 15) is 40.0 Å². The number of carbonyl (C=O) groups is 2. The van der Waals surface area contributed by atoms with Gasteiger partial charge in [-0.15, -0.1) is 0 Å². The first-order valence-electron chi connectivity index (χ1n) is 13.0. The van der Waals surface area contributed by atoms with Crippen molar-refractivity contribution in [3.8, 4) is 5.75 Å². The fourth-order valence-corrected chi connectivity index (χ4v) is 7.19. The normalized spacial score (nSPS) is 16.1. The number of hydrogen-bond acceptors (Lipinski definition) is 7. The second kappa shape index (κ2) is 12.1. The lowest BCUT2D eigenvalue weighted by Crippen LogP contribution is -2.43. The van der Waals surface area contributed by atoms with Crippen LogP contribution in [-0.4, -0.2) is 49.7 Å². The van der Waals surface area contributed by atoms with Gasteiger partial charge in [0.2, 0.25) is 15.9 Å². The van der Waals surface area contributed by atoms with Crippen LogP contribution in [0.5, 0.6) is 5.75 Å². The minimum atomic E-state index is -4.71. The van der Waals surface area contributed by atoms with Gasteiger partial charge < -0.3 is 15.4 Å². The Morgan fingerprint density at radius 1 is 1.07 bits per heavy atom. The average Bonchev–Trinajstić information content (AvgIpc) is 3.38. The van der Waals surface area contributed by atoms with E-state index in [2.05, 4.69) is 20.4 Å². The van der Waals surface area contributed by atoms with E-state index in [1.165, 1.54) is 6.07 Å². The molecule has 232 valence electrons. The Hall–Kier alpha value is -4.15. The first-order chi connectivity index (χ1) is 20.8. The Kier molecular flexibility index (Phi) is 8.59. The van der Waals surface area contributed by atoms with E-state index in [1.807, 2.05) is 0 Å². The maximum atomic E-state index is 14.5. The summed E-state index contributed by atoms with van der Waals surface area (Å²) in [5.41, 5.74) is -0.784. The van der Waals surface area contributed by atoms with Crippen LogP contribution in [0, 0.1) is 17.6 Å². The number of aromatic nitrogens is 1. The van der Waals surface area contributed by atoms with Gasteiger partial charge in [0.25, 0.3) is 5.91 Å². The number of carbonyl (C=O) groups excluding carboxylic acids is 2. The van der Waals surface area contributed by atoms with Gasteiger partial charge in [-0.1, -0.05) is 17.4 Å². The van der Waals surface area contributed by atoms with Crippen LogP contribution in [0.25, 0.3) is 10.2 Å². The van der Waals surface area contributed by atoms with Crippen LogP contribution in [0.2, 0.25) is 0 Å². The molecular formula is C28H23F5N4O5S2. The SMILES string of the molecule is COc1c(F)ccc(C(=O)Nc2ccc3nc(NC(=O)C4CCCN(S(=O)(=O)c5cccc(C(F)(F)F)c5)C4)sc3c2)c1F. The van der Waals surface area contributed by atoms with Crippen LogP contribution in [0.1, 0.15) is 28.8 Å². The summed E-state index contributed by atoms with van der Waals surface area (Å²) < 4.78 is 100. The number of piperidine rings is 1. The Morgan fingerprint density at radius 2 is 1.84 bits per heavy atom. The monoisotopic (exact) mass is 654 g/mol. The molecule has 16 heteroatoms. The fraction of sp³-hybridized carbons (Fsp3) is 0.250. The quantitative estimate of drug-likeness (QED) is 0.240. The van der Waals surface area contributed by atoms with E-state index < -0.39 is 67.3 Å².